The van der Waals surface area contributed by atoms with E-state index in [1.165, 1.54) is 6.33 Å². The Kier molecular flexibility index (Phi) is 2.74. The molecule has 84 valence electrons. The molecule has 6 nitrogen and oxygen atoms in total. The van der Waals surface area contributed by atoms with E-state index >= 15 is 0 Å². The van der Waals surface area contributed by atoms with E-state index in [9.17, 15) is 4.79 Å². The highest BCUT2D eigenvalue weighted by atomic mass is 35.5. The van der Waals surface area contributed by atoms with Crippen LogP contribution in [-0.2, 0) is 13.5 Å². The molecule has 0 aliphatic carbocycles. The second-order valence-corrected chi connectivity index (χ2v) is 3.77. The van der Waals surface area contributed by atoms with Crippen molar-refractivity contribution in [3.8, 4) is 0 Å². The fraction of sp³-hybridized carbons (Fsp3) is 0.333. The molecule has 0 aromatic carbocycles. The number of halogens is 1. The summed E-state index contributed by atoms with van der Waals surface area (Å²) in [6.07, 6.45) is 1.47. The molecule has 0 aliphatic heterocycles. The van der Waals surface area contributed by atoms with Crippen molar-refractivity contribution in [3.63, 3.8) is 0 Å². The molecular formula is C9H10ClN5O. The van der Waals surface area contributed by atoms with Crippen molar-refractivity contribution in [1.29, 1.82) is 0 Å². The summed E-state index contributed by atoms with van der Waals surface area (Å²) in [6, 6.07) is 0. The van der Waals surface area contributed by atoms with E-state index in [4.69, 9.17) is 11.6 Å². The first-order valence-corrected chi connectivity index (χ1v) is 5.04. The molecule has 0 fully saturated rings. The minimum Gasteiger partial charge on any atom is -0.290 e. The van der Waals surface area contributed by atoms with Crippen LogP contribution >= 0.6 is 11.6 Å². The summed E-state index contributed by atoms with van der Waals surface area (Å²) in [4.78, 5) is 15.6. The van der Waals surface area contributed by atoms with Crippen LogP contribution in [0.2, 0.25) is 5.15 Å². The second-order valence-electron chi connectivity index (χ2n) is 3.41. The summed E-state index contributed by atoms with van der Waals surface area (Å²) in [7, 11) is 1.73. The van der Waals surface area contributed by atoms with Crippen LogP contribution in [-0.4, -0.2) is 30.7 Å². The molecule has 0 spiro atoms. The molecule has 0 saturated heterocycles. The van der Waals surface area contributed by atoms with Gasteiger partial charge < -0.3 is 0 Å². The monoisotopic (exact) mass is 239 g/mol. The Morgan fingerprint density at radius 2 is 2.38 bits per heavy atom. The zero-order valence-electron chi connectivity index (χ0n) is 8.86. The average molecular weight is 240 g/mol. The number of aromatic nitrogens is 5. The second kappa shape index (κ2) is 4.05. The molecule has 2 rings (SSSR count). The van der Waals surface area contributed by atoms with Crippen LogP contribution in [0.25, 0.3) is 0 Å². The van der Waals surface area contributed by atoms with Crippen LogP contribution in [0.15, 0.2) is 6.33 Å². The van der Waals surface area contributed by atoms with Crippen molar-refractivity contribution in [3.05, 3.63) is 28.6 Å². The molecule has 16 heavy (non-hydrogen) atoms. The molecule has 7 heteroatoms. The maximum atomic E-state index is 11.8. The molecule has 0 amide bonds. The van der Waals surface area contributed by atoms with Crippen molar-refractivity contribution in [1.82, 2.24) is 25.0 Å². The Labute approximate surface area is 96.6 Å². The number of aryl methyl sites for hydroxylation is 2. The molecule has 0 bridgehead atoms. The molecular weight excluding hydrogens is 230 g/mol. The van der Waals surface area contributed by atoms with Gasteiger partial charge in [0.25, 0.3) is 0 Å². The third-order valence-electron chi connectivity index (χ3n) is 2.29. The topological polar surface area (TPSA) is 76.5 Å². The Bertz CT molecular complexity index is 516. The lowest BCUT2D eigenvalue weighted by molar-refractivity contribution is 0.0983. The lowest BCUT2D eigenvalue weighted by Crippen LogP contribution is -2.06. The SMILES string of the molecule is Cc1nn(C)c(Cl)c1CC(=O)c1ncn[nH]1. The van der Waals surface area contributed by atoms with Gasteiger partial charge in [-0.2, -0.15) is 10.2 Å². The molecule has 0 aliphatic rings. The summed E-state index contributed by atoms with van der Waals surface area (Å²) in [5, 5.41) is 10.8. The molecule has 2 heterocycles. The van der Waals surface area contributed by atoms with Gasteiger partial charge in [0.05, 0.1) is 5.69 Å². The molecule has 1 N–H and O–H groups in total. The van der Waals surface area contributed by atoms with Crippen molar-refractivity contribution >= 4 is 17.4 Å². The number of hydrogen-bond donors (Lipinski definition) is 1. The maximum absolute atomic E-state index is 11.8. The van der Waals surface area contributed by atoms with Crippen LogP contribution in [0.1, 0.15) is 21.9 Å². The molecule has 2 aromatic heterocycles. The minimum atomic E-state index is -0.157. The number of aromatic amines is 1. The van der Waals surface area contributed by atoms with Crippen LogP contribution in [0.4, 0.5) is 0 Å². The highest BCUT2D eigenvalue weighted by Crippen LogP contribution is 2.19. The predicted molar refractivity (Wildman–Crippen MR) is 57.4 cm³/mol. The number of nitrogens with one attached hydrogen (secondary N) is 1. The Morgan fingerprint density at radius 1 is 1.62 bits per heavy atom. The van der Waals surface area contributed by atoms with Gasteiger partial charge in [0.2, 0.25) is 5.78 Å². The third kappa shape index (κ3) is 1.83. The van der Waals surface area contributed by atoms with Gasteiger partial charge in [-0.1, -0.05) is 11.6 Å². The van der Waals surface area contributed by atoms with E-state index in [0.29, 0.717) is 5.15 Å². The minimum absolute atomic E-state index is 0.157. The van der Waals surface area contributed by atoms with Crippen molar-refractivity contribution in [2.24, 2.45) is 7.05 Å². The number of Topliss-reactive ketones (excluding diaryl/α,β-unsaturated/α-hetero) is 1. The van der Waals surface area contributed by atoms with Crippen LogP contribution in [0.5, 0.6) is 0 Å². The smallest absolute Gasteiger partial charge is 0.204 e. The summed E-state index contributed by atoms with van der Waals surface area (Å²) < 4.78 is 1.54. The van der Waals surface area contributed by atoms with Gasteiger partial charge in [-0.15, -0.1) is 0 Å². The highest BCUT2D eigenvalue weighted by molar-refractivity contribution is 6.30. The number of nitrogens with zero attached hydrogens (tertiary/aromatic N) is 4. The highest BCUT2D eigenvalue weighted by Gasteiger charge is 2.17. The van der Waals surface area contributed by atoms with Crippen LogP contribution in [0.3, 0.4) is 0 Å². The zero-order chi connectivity index (χ0) is 11.7. The van der Waals surface area contributed by atoms with Crippen molar-refractivity contribution in [2.45, 2.75) is 13.3 Å². The first-order valence-electron chi connectivity index (χ1n) is 4.66. The normalized spacial score (nSPS) is 10.7. The van der Waals surface area contributed by atoms with E-state index in [-0.39, 0.29) is 18.0 Å². The Morgan fingerprint density at radius 3 is 2.88 bits per heavy atom. The number of carbonyl (C=O) groups is 1. The van der Waals surface area contributed by atoms with E-state index < -0.39 is 0 Å². The van der Waals surface area contributed by atoms with Gasteiger partial charge >= 0.3 is 0 Å². The summed E-state index contributed by atoms with van der Waals surface area (Å²) in [5.41, 5.74) is 1.48. The first-order chi connectivity index (χ1) is 7.59. The van der Waals surface area contributed by atoms with E-state index in [1.807, 2.05) is 6.92 Å². The van der Waals surface area contributed by atoms with Gasteiger partial charge in [0.1, 0.15) is 11.5 Å². The van der Waals surface area contributed by atoms with E-state index in [1.54, 1.807) is 11.7 Å². The van der Waals surface area contributed by atoms with Gasteiger partial charge in [0, 0.05) is 19.0 Å². The number of hydrogen-bond acceptors (Lipinski definition) is 4. The van der Waals surface area contributed by atoms with Gasteiger partial charge in [0.15, 0.2) is 5.82 Å². The summed E-state index contributed by atoms with van der Waals surface area (Å²) in [6.45, 7) is 1.81. The lowest BCUT2D eigenvalue weighted by atomic mass is 10.1. The van der Waals surface area contributed by atoms with Crippen LogP contribution in [0, 0.1) is 6.92 Å². The fourth-order valence-electron chi connectivity index (χ4n) is 1.46. The zero-order valence-corrected chi connectivity index (χ0v) is 9.62. The lowest BCUT2D eigenvalue weighted by Gasteiger charge is -1.97. The maximum Gasteiger partial charge on any atom is 0.204 e. The van der Waals surface area contributed by atoms with E-state index in [0.717, 1.165) is 11.3 Å². The quantitative estimate of drug-likeness (QED) is 0.809. The number of H-pyrrole nitrogens is 1. The Hall–Kier alpha value is -1.69. The largest absolute Gasteiger partial charge is 0.290 e. The van der Waals surface area contributed by atoms with Gasteiger partial charge in [-0.05, 0) is 6.92 Å². The predicted octanol–water partition coefficient (Wildman–Crippen LogP) is 0.925. The molecule has 0 atom stereocenters. The number of carbonyl (C=O) groups excluding carboxylic acids is 1. The fourth-order valence-corrected chi connectivity index (χ4v) is 1.70. The average Bonchev–Trinajstić information content (AvgIpc) is 2.83. The van der Waals surface area contributed by atoms with Crippen molar-refractivity contribution < 1.29 is 4.79 Å². The van der Waals surface area contributed by atoms with E-state index in [2.05, 4.69) is 20.3 Å². The third-order valence-corrected chi connectivity index (χ3v) is 2.76. The summed E-state index contributed by atoms with van der Waals surface area (Å²) >= 11 is 6.02. The standard InChI is InChI=1S/C9H10ClN5O/c1-5-6(8(10)15(2)14-5)3-7(16)9-11-4-12-13-9/h4H,3H2,1-2H3,(H,11,12,13). The van der Waals surface area contributed by atoms with Crippen molar-refractivity contribution in [2.75, 3.05) is 0 Å². The number of ketones is 1. The first kappa shape index (κ1) is 10.8. The molecule has 0 radical (unpaired) electrons. The van der Waals surface area contributed by atoms with Gasteiger partial charge in [-0.3, -0.25) is 14.6 Å². The van der Waals surface area contributed by atoms with Gasteiger partial charge in [-0.25, -0.2) is 4.98 Å². The summed E-state index contributed by atoms with van der Waals surface area (Å²) in [5.74, 6) is 0.0785. The number of rotatable bonds is 3. The molecule has 2 aromatic rings. The Balaban J connectivity index is 2.25. The molecule has 0 unspecified atom stereocenters. The molecule has 0 saturated carbocycles. The van der Waals surface area contributed by atoms with Crippen LogP contribution < -0.4 is 0 Å².